The maximum atomic E-state index is 11.1. The van der Waals surface area contributed by atoms with Crippen molar-refractivity contribution in [3.05, 3.63) is 38.5 Å². The number of amides is 1. The molecule has 82 valence electrons. The van der Waals surface area contributed by atoms with Crippen LogP contribution in [0.25, 0.3) is 10.9 Å². The van der Waals surface area contributed by atoms with Gasteiger partial charge >= 0.3 is 0 Å². The van der Waals surface area contributed by atoms with Crippen molar-refractivity contribution in [2.45, 2.75) is 0 Å². The van der Waals surface area contributed by atoms with Gasteiger partial charge in [0.2, 0.25) is 0 Å². The highest BCUT2D eigenvalue weighted by Crippen LogP contribution is 2.33. The zero-order chi connectivity index (χ0) is 11.9. The van der Waals surface area contributed by atoms with Crippen molar-refractivity contribution in [3.8, 4) is 0 Å². The quantitative estimate of drug-likeness (QED) is 0.650. The van der Waals surface area contributed by atoms with Crippen LogP contribution in [0.1, 0.15) is 10.4 Å². The topological polar surface area (TPSA) is 102 Å². The molecule has 0 atom stereocenters. The summed E-state index contributed by atoms with van der Waals surface area (Å²) >= 11 is 3.20. The highest BCUT2D eigenvalue weighted by atomic mass is 79.9. The number of hydrogen-bond donors (Lipinski definition) is 2. The second-order valence-corrected chi connectivity index (χ2v) is 3.99. The van der Waals surface area contributed by atoms with Gasteiger partial charge in [0.05, 0.1) is 27.6 Å². The number of benzene rings is 1. The minimum Gasteiger partial charge on any atom is -0.366 e. The average molecular weight is 284 g/mol. The minimum absolute atomic E-state index is 0.0926. The number of hydrogen-bond acceptors (Lipinski definition) is 3. The van der Waals surface area contributed by atoms with Crippen LogP contribution in [0, 0.1) is 10.1 Å². The molecular weight excluding hydrogens is 278 g/mol. The number of nitrogens with two attached hydrogens (primary N) is 1. The predicted molar refractivity (Wildman–Crippen MR) is 61.2 cm³/mol. The maximum absolute atomic E-state index is 11.1. The van der Waals surface area contributed by atoms with Gasteiger partial charge < -0.3 is 10.7 Å². The smallest absolute Gasteiger partial charge is 0.295 e. The first-order valence-electron chi connectivity index (χ1n) is 4.26. The summed E-state index contributed by atoms with van der Waals surface area (Å²) in [5.74, 6) is -0.630. The van der Waals surface area contributed by atoms with Crippen LogP contribution in [-0.2, 0) is 0 Å². The third-order valence-electron chi connectivity index (χ3n) is 2.23. The van der Waals surface area contributed by atoms with Crippen molar-refractivity contribution in [1.29, 1.82) is 0 Å². The highest BCUT2D eigenvalue weighted by Gasteiger charge is 2.20. The normalized spacial score (nSPS) is 10.6. The Balaban J connectivity index is 2.88. The molecule has 0 spiro atoms. The summed E-state index contributed by atoms with van der Waals surface area (Å²) in [4.78, 5) is 24.0. The molecule has 3 N–H and O–H groups in total. The molecule has 0 bridgehead atoms. The second kappa shape index (κ2) is 3.60. The zero-order valence-corrected chi connectivity index (χ0v) is 9.45. The molecule has 0 aliphatic carbocycles. The largest absolute Gasteiger partial charge is 0.366 e. The van der Waals surface area contributed by atoms with E-state index < -0.39 is 10.8 Å². The minimum atomic E-state index is -0.630. The molecule has 0 aliphatic rings. The van der Waals surface area contributed by atoms with Crippen molar-refractivity contribution in [2.24, 2.45) is 5.73 Å². The molecule has 16 heavy (non-hydrogen) atoms. The first-order chi connectivity index (χ1) is 7.52. The Hall–Kier alpha value is -1.89. The van der Waals surface area contributed by atoms with Crippen LogP contribution >= 0.6 is 15.9 Å². The number of aromatic nitrogens is 1. The Morgan fingerprint density at radius 1 is 1.50 bits per heavy atom. The van der Waals surface area contributed by atoms with Crippen LogP contribution in [-0.4, -0.2) is 15.8 Å². The second-order valence-electron chi connectivity index (χ2n) is 3.14. The van der Waals surface area contributed by atoms with E-state index in [9.17, 15) is 14.9 Å². The van der Waals surface area contributed by atoms with Crippen LogP contribution in [0.5, 0.6) is 0 Å². The van der Waals surface area contributed by atoms with E-state index in [4.69, 9.17) is 5.73 Å². The van der Waals surface area contributed by atoms with Crippen LogP contribution < -0.4 is 5.73 Å². The first-order valence-corrected chi connectivity index (χ1v) is 5.05. The molecule has 6 nitrogen and oxygen atoms in total. The van der Waals surface area contributed by atoms with E-state index in [2.05, 4.69) is 20.9 Å². The summed E-state index contributed by atoms with van der Waals surface area (Å²) < 4.78 is 0.542. The number of halogens is 1. The summed E-state index contributed by atoms with van der Waals surface area (Å²) in [6.07, 6.45) is 1.24. The van der Waals surface area contributed by atoms with Gasteiger partial charge in [-0.15, -0.1) is 0 Å². The van der Waals surface area contributed by atoms with Gasteiger partial charge in [-0.05, 0) is 28.1 Å². The van der Waals surface area contributed by atoms with Crippen LogP contribution in [0.15, 0.2) is 22.8 Å². The predicted octanol–water partition coefficient (Wildman–Crippen LogP) is 1.94. The number of nitro groups is 1. The summed E-state index contributed by atoms with van der Waals surface area (Å²) in [7, 11) is 0. The van der Waals surface area contributed by atoms with Crippen LogP contribution in [0.4, 0.5) is 5.69 Å². The Kier molecular flexibility index (Phi) is 2.39. The average Bonchev–Trinajstić information content (AvgIpc) is 2.62. The molecule has 1 amide bonds. The highest BCUT2D eigenvalue weighted by molar-refractivity contribution is 9.10. The van der Waals surface area contributed by atoms with Crippen LogP contribution in [0.3, 0.4) is 0 Å². The van der Waals surface area contributed by atoms with Gasteiger partial charge in [0, 0.05) is 4.47 Å². The fourth-order valence-corrected chi connectivity index (χ4v) is 2.07. The molecule has 0 saturated heterocycles. The molecule has 0 radical (unpaired) electrons. The Bertz CT molecular complexity index is 605. The van der Waals surface area contributed by atoms with E-state index in [1.54, 1.807) is 6.07 Å². The van der Waals surface area contributed by atoms with Gasteiger partial charge in [0.1, 0.15) is 0 Å². The lowest BCUT2D eigenvalue weighted by Gasteiger charge is -1.99. The van der Waals surface area contributed by atoms with Gasteiger partial charge in [-0.25, -0.2) is 0 Å². The number of nitrogens with zero attached hydrogens (tertiary/aromatic N) is 1. The third-order valence-corrected chi connectivity index (χ3v) is 2.89. The van der Waals surface area contributed by atoms with E-state index in [-0.39, 0.29) is 11.3 Å². The van der Waals surface area contributed by atoms with Gasteiger partial charge in [-0.1, -0.05) is 0 Å². The standard InChI is InChI=1S/C9H6BrN3O3/c10-5-2-1-4(9(11)14)8-7(5)6(3-12-8)13(15)16/h1-3,12H,(H2,11,14). The maximum Gasteiger partial charge on any atom is 0.295 e. The molecule has 1 heterocycles. The Morgan fingerprint density at radius 2 is 2.19 bits per heavy atom. The van der Waals surface area contributed by atoms with E-state index in [0.29, 0.717) is 15.4 Å². The van der Waals surface area contributed by atoms with E-state index in [0.717, 1.165) is 0 Å². The molecular formula is C9H6BrN3O3. The van der Waals surface area contributed by atoms with Crippen LogP contribution in [0.2, 0.25) is 0 Å². The van der Waals surface area contributed by atoms with Gasteiger partial charge in [-0.2, -0.15) is 0 Å². The Labute approximate surface area is 97.7 Å². The number of rotatable bonds is 2. The summed E-state index contributed by atoms with van der Waals surface area (Å²) in [5.41, 5.74) is 5.68. The van der Waals surface area contributed by atoms with Crippen molar-refractivity contribution in [3.63, 3.8) is 0 Å². The zero-order valence-electron chi connectivity index (χ0n) is 7.86. The number of carbonyl (C=O) groups is 1. The molecule has 1 aromatic carbocycles. The molecule has 0 fully saturated rings. The van der Waals surface area contributed by atoms with Gasteiger partial charge in [0.15, 0.2) is 0 Å². The number of primary amides is 1. The van der Waals surface area contributed by atoms with Gasteiger partial charge in [0.25, 0.3) is 11.6 Å². The van der Waals surface area contributed by atoms with E-state index in [1.807, 2.05) is 0 Å². The number of fused-ring (bicyclic) bond motifs is 1. The van der Waals surface area contributed by atoms with Crippen molar-refractivity contribution < 1.29 is 9.72 Å². The lowest BCUT2D eigenvalue weighted by atomic mass is 10.1. The van der Waals surface area contributed by atoms with Gasteiger partial charge in [-0.3, -0.25) is 14.9 Å². The van der Waals surface area contributed by atoms with Crippen molar-refractivity contribution >= 4 is 38.4 Å². The fraction of sp³-hybridized carbons (Fsp3) is 0. The molecule has 2 rings (SSSR count). The van der Waals surface area contributed by atoms with E-state index >= 15 is 0 Å². The monoisotopic (exact) mass is 283 g/mol. The Morgan fingerprint density at radius 3 is 2.75 bits per heavy atom. The van der Waals surface area contributed by atoms with Crippen molar-refractivity contribution in [1.82, 2.24) is 4.98 Å². The molecule has 0 saturated carbocycles. The lowest BCUT2D eigenvalue weighted by Crippen LogP contribution is -2.11. The number of carbonyl (C=O) groups excluding carboxylic acids is 1. The number of aromatic amines is 1. The molecule has 1 aromatic heterocycles. The fourth-order valence-electron chi connectivity index (χ4n) is 1.54. The third kappa shape index (κ3) is 1.45. The van der Waals surface area contributed by atoms with E-state index in [1.165, 1.54) is 12.3 Å². The van der Waals surface area contributed by atoms with Crippen molar-refractivity contribution in [2.75, 3.05) is 0 Å². The molecule has 0 aliphatic heterocycles. The molecule has 7 heteroatoms. The molecule has 2 aromatic rings. The molecule has 0 unspecified atom stereocenters. The number of H-pyrrole nitrogens is 1. The number of nitrogens with one attached hydrogen (secondary N) is 1. The summed E-state index contributed by atoms with van der Waals surface area (Å²) in [6, 6.07) is 3.07. The summed E-state index contributed by atoms with van der Waals surface area (Å²) in [5, 5.41) is 11.1. The SMILES string of the molecule is NC(=O)c1ccc(Br)c2c([N+](=O)[O-])c[nH]c12. The lowest BCUT2D eigenvalue weighted by molar-refractivity contribution is -0.383. The first kappa shape index (κ1) is 10.6. The summed E-state index contributed by atoms with van der Waals surface area (Å²) in [6.45, 7) is 0.